The first kappa shape index (κ1) is 15.8. The first-order valence-electron chi connectivity index (χ1n) is 5.18. The Morgan fingerprint density at radius 1 is 1.56 bits per heavy atom. The maximum Gasteiger partial charge on any atom is 0.230 e. The van der Waals surface area contributed by atoms with Crippen molar-refractivity contribution in [2.75, 3.05) is 26.4 Å². The molecule has 1 N–H and O–H groups in total. The summed E-state index contributed by atoms with van der Waals surface area (Å²) in [5, 5.41) is 9.93. The standard InChI is InChI=1S/C10H20BNO3S/c1-10(2,9(14)12(3)4)8(13)5-6-15-16-7-11/h8,13H,5-7H2,1-4H3. The molecule has 0 aliphatic rings. The van der Waals surface area contributed by atoms with Gasteiger partial charge in [0, 0.05) is 14.1 Å². The molecule has 1 unspecified atom stereocenters. The number of hydrogen-bond acceptors (Lipinski definition) is 4. The average molecular weight is 245 g/mol. The Hall–Kier alpha value is -0.195. The summed E-state index contributed by atoms with van der Waals surface area (Å²) in [4.78, 5) is 13.3. The molecule has 0 aromatic rings. The molecule has 0 aliphatic heterocycles. The summed E-state index contributed by atoms with van der Waals surface area (Å²) in [6.45, 7) is 3.85. The third-order valence-electron chi connectivity index (χ3n) is 2.42. The predicted molar refractivity (Wildman–Crippen MR) is 67.3 cm³/mol. The van der Waals surface area contributed by atoms with Gasteiger partial charge < -0.3 is 14.2 Å². The van der Waals surface area contributed by atoms with Crippen molar-refractivity contribution in [1.82, 2.24) is 4.90 Å². The van der Waals surface area contributed by atoms with Gasteiger partial charge in [0.1, 0.15) is 0 Å². The van der Waals surface area contributed by atoms with E-state index in [4.69, 9.17) is 12.0 Å². The van der Waals surface area contributed by atoms with Crippen molar-refractivity contribution in [2.45, 2.75) is 26.4 Å². The molecular formula is C10H20BNO3S. The van der Waals surface area contributed by atoms with Crippen molar-refractivity contribution < 1.29 is 14.1 Å². The molecule has 0 heterocycles. The number of rotatable bonds is 7. The Morgan fingerprint density at radius 3 is 2.56 bits per heavy atom. The van der Waals surface area contributed by atoms with E-state index in [0.717, 1.165) is 12.0 Å². The Balaban J connectivity index is 4.13. The fourth-order valence-corrected chi connectivity index (χ4v) is 1.66. The normalized spacial score (nSPS) is 13.6. The minimum atomic E-state index is -0.791. The van der Waals surface area contributed by atoms with Crippen LogP contribution in [-0.2, 0) is 8.98 Å². The third-order valence-corrected chi connectivity index (χ3v) is 2.89. The molecule has 0 spiro atoms. The van der Waals surface area contributed by atoms with Crippen molar-refractivity contribution >= 4 is 25.8 Å². The van der Waals surface area contributed by atoms with E-state index in [1.54, 1.807) is 27.9 Å². The molecule has 0 rings (SSSR count). The van der Waals surface area contributed by atoms with Crippen LogP contribution >= 0.6 is 12.0 Å². The lowest BCUT2D eigenvalue weighted by Gasteiger charge is -2.31. The zero-order valence-electron chi connectivity index (χ0n) is 10.4. The second kappa shape index (κ2) is 7.19. The van der Waals surface area contributed by atoms with Crippen LogP contribution in [0.15, 0.2) is 0 Å². The zero-order chi connectivity index (χ0) is 12.8. The summed E-state index contributed by atoms with van der Waals surface area (Å²) >= 11 is 1.15. The van der Waals surface area contributed by atoms with Gasteiger partial charge in [0.15, 0.2) is 0 Å². The highest BCUT2D eigenvalue weighted by molar-refractivity contribution is 7.95. The molecule has 0 aromatic heterocycles. The number of amides is 1. The van der Waals surface area contributed by atoms with E-state index >= 15 is 0 Å². The maximum absolute atomic E-state index is 11.8. The molecule has 1 atom stereocenters. The maximum atomic E-state index is 11.8. The minimum absolute atomic E-state index is 0.0912. The lowest BCUT2D eigenvalue weighted by Crippen LogP contribution is -2.44. The van der Waals surface area contributed by atoms with Crippen LogP contribution in [0.3, 0.4) is 0 Å². The molecule has 16 heavy (non-hydrogen) atoms. The van der Waals surface area contributed by atoms with Crippen molar-refractivity contribution in [1.29, 1.82) is 0 Å². The average Bonchev–Trinajstić information content (AvgIpc) is 2.22. The topological polar surface area (TPSA) is 49.8 Å². The smallest absolute Gasteiger partial charge is 0.230 e. The zero-order valence-corrected chi connectivity index (χ0v) is 11.2. The quantitative estimate of drug-likeness (QED) is 0.406. The van der Waals surface area contributed by atoms with Gasteiger partial charge in [0.05, 0.1) is 26.0 Å². The number of carbonyl (C=O) groups is 1. The molecule has 92 valence electrons. The van der Waals surface area contributed by atoms with Crippen molar-refractivity contribution in [2.24, 2.45) is 5.41 Å². The van der Waals surface area contributed by atoms with Crippen LogP contribution in [0, 0.1) is 5.41 Å². The fraction of sp³-hybridized carbons (Fsp3) is 0.900. The molecule has 2 radical (unpaired) electrons. The van der Waals surface area contributed by atoms with Gasteiger partial charge in [0.2, 0.25) is 5.91 Å². The SMILES string of the molecule is [B]CSOCCC(O)C(C)(C)C(=O)N(C)C. The van der Waals surface area contributed by atoms with Crippen LogP contribution in [0.2, 0.25) is 0 Å². The Morgan fingerprint density at radius 2 is 2.12 bits per heavy atom. The second-order valence-electron chi connectivity index (χ2n) is 4.33. The van der Waals surface area contributed by atoms with Crippen LogP contribution in [0.1, 0.15) is 20.3 Å². The van der Waals surface area contributed by atoms with Gasteiger partial charge in [-0.2, -0.15) is 0 Å². The fourth-order valence-electron chi connectivity index (χ4n) is 1.35. The molecule has 0 aromatic carbocycles. The van der Waals surface area contributed by atoms with Gasteiger partial charge in [-0.1, -0.05) is 0 Å². The van der Waals surface area contributed by atoms with E-state index in [1.807, 2.05) is 0 Å². The predicted octanol–water partition coefficient (Wildman–Crippen LogP) is 0.643. The number of carbonyl (C=O) groups excluding carboxylic acids is 1. The number of aliphatic hydroxyl groups is 1. The molecule has 1 amide bonds. The summed E-state index contributed by atoms with van der Waals surface area (Å²) in [7, 11) is 8.59. The summed E-state index contributed by atoms with van der Waals surface area (Å²) in [6.07, 6.45) is -0.305. The van der Waals surface area contributed by atoms with Gasteiger partial charge in [-0.05, 0) is 38.0 Å². The van der Waals surface area contributed by atoms with E-state index in [2.05, 4.69) is 0 Å². The van der Waals surface area contributed by atoms with Crippen molar-refractivity contribution in [3.05, 3.63) is 0 Å². The lowest BCUT2D eigenvalue weighted by molar-refractivity contribution is -0.144. The summed E-state index contributed by atoms with van der Waals surface area (Å²) in [5.41, 5.74) is -0.406. The van der Waals surface area contributed by atoms with Crippen LogP contribution in [0.4, 0.5) is 0 Å². The monoisotopic (exact) mass is 245 g/mol. The van der Waals surface area contributed by atoms with Crippen LogP contribution in [-0.4, -0.2) is 56.2 Å². The first-order chi connectivity index (χ1) is 7.34. The highest BCUT2D eigenvalue weighted by Gasteiger charge is 2.36. The van der Waals surface area contributed by atoms with E-state index < -0.39 is 11.5 Å². The molecule has 0 aliphatic carbocycles. The van der Waals surface area contributed by atoms with E-state index in [0.29, 0.717) is 18.7 Å². The lowest BCUT2D eigenvalue weighted by atomic mass is 9.83. The molecular weight excluding hydrogens is 225 g/mol. The van der Waals surface area contributed by atoms with Crippen molar-refractivity contribution in [3.8, 4) is 0 Å². The van der Waals surface area contributed by atoms with E-state index in [9.17, 15) is 9.90 Å². The number of aliphatic hydroxyl groups excluding tert-OH is 1. The third kappa shape index (κ3) is 4.76. The minimum Gasteiger partial charge on any atom is -0.392 e. The van der Waals surface area contributed by atoms with Crippen LogP contribution < -0.4 is 0 Å². The molecule has 0 bridgehead atoms. The molecule has 6 heteroatoms. The van der Waals surface area contributed by atoms with E-state index in [1.165, 1.54) is 4.90 Å². The molecule has 0 fully saturated rings. The molecule has 0 saturated heterocycles. The summed E-state index contributed by atoms with van der Waals surface area (Å²) in [6, 6.07) is 0. The van der Waals surface area contributed by atoms with Crippen LogP contribution in [0.25, 0.3) is 0 Å². The van der Waals surface area contributed by atoms with Gasteiger partial charge in [0.25, 0.3) is 0 Å². The van der Waals surface area contributed by atoms with Gasteiger partial charge in [-0.15, -0.1) is 0 Å². The van der Waals surface area contributed by atoms with Gasteiger partial charge >= 0.3 is 0 Å². The number of nitrogens with zero attached hydrogens (tertiary/aromatic N) is 1. The highest BCUT2D eigenvalue weighted by atomic mass is 32.2. The first-order valence-corrected chi connectivity index (χ1v) is 6.09. The van der Waals surface area contributed by atoms with E-state index in [-0.39, 0.29) is 5.91 Å². The number of hydrogen-bond donors (Lipinski definition) is 1. The Labute approximate surface area is 103 Å². The largest absolute Gasteiger partial charge is 0.392 e. The summed E-state index contributed by atoms with van der Waals surface area (Å²) in [5.74, 6) is -0.0912. The van der Waals surface area contributed by atoms with Crippen LogP contribution in [0.5, 0.6) is 0 Å². The van der Waals surface area contributed by atoms with Gasteiger partial charge in [-0.3, -0.25) is 4.79 Å². The van der Waals surface area contributed by atoms with Crippen molar-refractivity contribution in [3.63, 3.8) is 0 Å². The Bertz CT molecular complexity index is 224. The summed E-state index contributed by atoms with van der Waals surface area (Å²) < 4.78 is 5.10. The molecule has 4 nitrogen and oxygen atoms in total. The van der Waals surface area contributed by atoms with Gasteiger partial charge in [-0.25, -0.2) is 0 Å². The molecule has 0 saturated carbocycles. The highest BCUT2D eigenvalue weighted by Crippen LogP contribution is 2.25. The second-order valence-corrected chi connectivity index (χ2v) is 5.14. The Kier molecular flexibility index (Phi) is 7.11.